The first kappa shape index (κ1) is 13.5. The van der Waals surface area contributed by atoms with Crippen molar-refractivity contribution in [2.45, 2.75) is 0 Å². The number of hydrogen-bond donors (Lipinski definition) is 2. The average molecular weight is 367 g/mol. The predicted octanol–water partition coefficient (Wildman–Crippen LogP) is 2.16. The minimum absolute atomic E-state index is 0.0722. The SMILES string of the molecule is O=C(N/N=C\c1ccncc1)c1cc(I)ccc1O. The summed E-state index contributed by atoms with van der Waals surface area (Å²) < 4.78 is 0.860. The van der Waals surface area contributed by atoms with Crippen LogP contribution in [0.4, 0.5) is 0 Å². The molecule has 0 aliphatic rings. The van der Waals surface area contributed by atoms with Crippen molar-refractivity contribution >= 4 is 34.7 Å². The van der Waals surface area contributed by atoms with Gasteiger partial charge in [-0.1, -0.05) is 0 Å². The number of hydrogen-bond acceptors (Lipinski definition) is 4. The van der Waals surface area contributed by atoms with Gasteiger partial charge in [0, 0.05) is 16.0 Å². The van der Waals surface area contributed by atoms with Gasteiger partial charge in [-0.05, 0) is 58.5 Å². The average Bonchev–Trinajstić information content (AvgIpc) is 2.42. The summed E-state index contributed by atoms with van der Waals surface area (Å²) in [5.74, 6) is -0.529. The summed E-state index contributed by atoms with van der Waals surface area (Å²) in [6, 6.07) is 8.31. The molecule has 0 radical (unpaired) electrons. The molecule has 96 valence electrons. The van der Waals surface area contributed by atoms with Gasteiger partial charge >= 0.3 is 0 Å². The largest absolute Gasteiger partial charge is 0.507 e. The Balaban J connectivity index is 2.06. The molecule has 2 N–H and O–H groups in total. The number of carbonyl (C=O) groups excluding carboxylic acids is 1. The standard InChI is InChI=1S/C13H10IN3O2/c14-10-1-2-12(18)11(7-10)13(19)17-16-8-9-3-5-15-6-4-9/h1-8,18H,(H,17,19)/b16-8-. The van der Waals surface area contributed by atoms with Crippen molar-refractivity contribution in [2.24, 2.45) is 5.10 Å². The second-order valence-corrected chi connectivity index (χ2v) is 4.89. The fourth-order valence-electron chi connectivity index (χ4n) is 1.37. The predicted molar refractivity (Wildman–Crippen MR) is 80.1 cm³/mol. The van der Waals surface area contributed by atoms with Gasteiger partial charge in [0.2, 0.25) is 0 Å². The van der Waals surface area contributed by atoms with Gasteiger partial charge in [0.15, 0.2) is 0 Å². The lowest BCUT2D eigenvalue weighted by Gasteiger charge is -2.03. The molecule has 0 aliphatic carbocycles. The minimum Gasteiger partial charge on any atom is -0.507 e. The number of phenolic OH excluding ortho intramolecular Hbond substituents is 1. The van der Waals surface area contributed by atoms with Crippen LogP contribution in [0, 0.1) is 3.57 Å². The zero-order chi connectivity index (χ0) is 13.7. The van der Waals surface area contributed by atoms with Crippen LogP contribution in [0.1, 0.15) is 15.9 Å². The minimum atomic E-state index is -0.457. The zero-order valence-electron chi connectivity index (χ0n) is 9.75. The summed E-state index contributed by atoms with van der Waals surface area (Å²) in [7, 11) is 0. The van der Waals surface area contributed by atoms with Crippen molar-refractivity contribution in [2.75, 3.05) is 0 Å². The van der Waals surface area contributed by atoms with Crippen LogP contribution in [-0.2, 0) is 0 Å². The van der Waals surface area contributed by atoms with Gasteiger partial charge in [-0.15, -0.1) is 0 Å². The Morgan fingerprint density at radius 3 is 2.79 bits per heavy atom. The topological polar surface area (TPSA) is 74.6 Å². The molecule has 1 amide bonds. The number of aromatic hydroxyl groups is 1. The maximum absolute atomic E-state index is 11.8. The summed E-state index contributed by atoms with van der Waals surface area (Å²) in [4.78, 5) is 15.7. The van der Waals surface area contributed by atoms with E-state index in [0.29, 0.717) is 0 Å². The van der Waals surface area contributed by atoms with Crippen LogP contribution in [0.3, 0.4) is 0 Å². The number of phenols is 1. The van der Waals surface area contributed by atoms with Crippen LogP contribution in [0.5, 0.6) is 5.75 Å². The highest BCUT2D eigenvalue weighted by Crippen LogP contribution is 2.19. The Bertz CT molecular complexity index is 615. The monoisotopic (exact) mass is 367 g/mol. The smallest absolute Gasteiger partial charge is 0.275 e. The first-order chi connectivity index (χ1) is 9.16. The Morgan fingerprint density at radius 2 is 2.05 bits per heavy atom. The molecule has 0 atom stereocenters. The number of halogens is 1. The van der Waals surface area contributed by atoms with Crippen LogP contribution in [0.15, 0.2) is 47.8 Å². The number of nitrogens with one attached hydrogen (secondary N) is 1. The van der Waals surface area contributed by atoms with Crippen molar-refractivity contribution in [3.63, 3.8) is 0 Å². The Kier molecular flexibility index (Phi) is 4.45. The second-order valence-electron chi connectivity index (χ2n) is 3.64. The second kappa shape index (κ2) is 6.28. The lowest BCUT2D eigenvalue weighted by molar-refractivity contribution is 0.0952. The molecule has 0 unspecified atom stereocenters. The maximum Gasteiger partial charge on any atom is 0.275 e. The van der Waals surface area contributed by atoms with Gasteiger partial charge in [-0.25, -0.2) is 5.43 Å². The number of pyridine rings is 1. The first-order valence-electron chi connectivity index (χ1n) is 5.39. The van der Waals surface area contributed by atoms with Crippen molar-refractivity contribution in [3.05, 3.63) is 57.4 Å². The number of rotatable bonds is 3. The van der Waals surface area contributed by atoms with E-state index in [9.17, 15) is 9.90 Å². The van der Waals surface area contributed by atoms with Crippen LogP contribution >= 0.6 is 22.6 Å². The quantitative estimate of drug-likeness (QED) is 0.496. The number of amides is 1. The van der Waals surface area contributed by atoms with Crippen LogP contribution in [0.25, 0.3) is 0 Å². The third-order valence-corrected chi connectivity index (χ3v) is 2.96. The normalized spacial score (nSPS) is 10.6. The molecule has 1 aromatic heterocycles. The summed E-state index contributed by atoms with van der Waals surface area (Å²) >= 11 is 2.07. The highest BCUT2D eigenvalue weighted by atomic mass is 127. The molecule has 1 aromatic carbocycles. The van der Waals surface area contributed by atoms with Gasteiger partial charge in [0.1, 0.15) is 5.75 Å². The number of nitrogens with zero attached hydrogens (tertiary/aromatic N) is 2. The molecule has 0 saturated carbocycles. The molecule has 6 heteroatoms. The van der Waals surface area contributed by atoms with Crippen LogP contribution in [-0.4, -0.2) is 22.2 Å². The summed E-state index contributed by atoms with van der Waals surface area (Å²) in [6.07, 6.45) is 4.77. The molecule has 5 nitrogen and oxygen atoms in total. The molecule has 2 rings (SSSR count). The lowest BCUT2D eigenvalue weighted by Crippen LogP contribution is -2.17. The molecule has 1 heterocycles. The van der Waals surface area contributed by atoms with Crippen molar-refractivity contribution in [1.82, 2.24) is 10.4 Å². The number of carbonyl (C=O) groups is 1. The van der Waals surface area contributed by atoms with E-state index >= 15 is 0 Å². The lowest BCUT2D eigenvalue weighted by atomic mass is 10.2. The molecular weight excluding hydrogens is 357 g/mol. The fraction of sp³-hybridized carbons (Fsp3) is 0. The van der Waals surface area contributed by atoms with E-state index in [1.54, 1.807) is 36.7 Å². The van der Waals surface area contributed by atoms with Crippen molar-refractivity contribution < 1.29 is 9.90 Å². The summed E-state index contributed by atoms with van der Waals surface area (Å²) in [6.45, 7) is 0. The molecule has 19 heavy (non-hydrogen) atoms. The summed E-state index contributed by atoms with van der Waals surface area (Å²) in [5.41, 5.74) is 3.38. The first-order valence-corrected chi connectivity index (χ1v) is 6.46. The third kappa shape index (κ3) is 3.75. The van der Waals surface area contributed by atoms with E-state index in [0.717, 1.165) is 9.13 Å². The highest BCUT2D eigenvalue weighted by Gasteiger charge is 2.10. The van der Waals surface area contributed by atoms with Crippen molar-refractivity contribution in [1.29, 1.82) is 0 Å². The Labute approximate surface area is 123 Å². The van der Waals surface area contributed by atoms with E-state index < -0.39 is 5.91 Å². The molecule has 0 saturated heterocycles. The maximum atomic E-state index is 11.8. The highest BCUT2D eigenvalue weighted by molar-refractivity contribution is 14.1. The molecule has 0 spiro atoms. The van der Waals surface area contributed by atoms with E-state index in [1.165, 1.54) is 12.3 Å². The van der Waals surface area contributed by atoms with E-state index in [4.69, 9.17) is 0 Å². The van der Waals surface area contributed by atoms with Crippen LogP contribution in [0.2, 0.25) is 0 Å². The van der Waals surface area contributed by atoms with Gasteiger partial charge in [0.05, 0.1) is 11.8 Å². The van der Waals surface area contributed by atoms with Gasteiger partial charge in [-0.3, -0.25) is 9.78 Å². The fourth-order valence-corrected chi connectivity index (χ4v) is 1.86. The molecule has 2 aromatic rings. The molecular formula is C13H10IN3O2. The van der Waals surface area contributed by atoms with E-state index in [1.807, 2.05) is 0 Å². The Morgan fingerprint density at radius 1 is 1.32 bits per heavy atom. The molecule has 0 fully saturated rings. The Hall–Kier alpha value is -1.96. The van der Waals surface area contributed by atoms with Gasteiger partial charge in [-0.2, -0.15) is 5.10 Å². The summed E-state index contributed by atoms with van der Waals surface area (Å²) in [5, 5.41) is 13.4. The number of benzene rings is 1. The molecule has 0 bridgehead atoms. The van der Waals surface area contributed by atoms with Gasteiger partial charge < -0.3 is 5.11 Å². The zero-order valence-corrected chi connectivity index (χ0v) is 11.9. The number of hydrazone groups is 1. The third-order valence-electron chi connectivity index (χ3n) is 2.29. The number of aromatic nitrogens is 1. The van der Waals surface area contributed by atoms with Gasteiger partial charge in [0.25, 0.3) is 5.91 Å². The van der Waals surface area contributed by atoms with E-state index in [2.05, 4.69) is 38.1 Å². The molecule has 0 aliphatic heterocycles. The van der Waals surface area contributed by atoms with Crippen molar-refractivity contribution in [3.8, 4) is 5.75 Å². The van der Waals surface area contributed by atoms with Crippen LogP contribution < -0.4 is 5.43 Å². The van der Waals surface area contributed by atoms with E-state index in [-0.39, 0.29) is 11.3 Å².